The molecule has 0 bridgehead atoms. The average molecular weight is 415 g/mol. The second-order valence-corrected chi connectivity index (χ2v) is 7.75. The number of carbonyl (C=O) groups excluding carboxylic acids is 2. The SMILES string of the molecule is CCOc1ccc(COC(=O)[C@@H](Cc2ccc(O)cc2)NC(=O)OC(C)(C)C)cc1. The third-order valence-electron chi connectivity index (χ3n) is 3.97. The van der Waals surface area contributed by atoms with E-state index in [0.717, 1.165) is 16.9 Å². The van der Waals surface area contributed by atoms with E-state index in [1.54, 1.807) is 45.0 Å². The highest BCUT2D eigenvalue weighted by Crippen LogP contribution is 2.15. The van der Waals surface area contributed by atoms with Crippen molar-refractivity contribution in [1.29, 1.82) is 0 Å². The summed E-state index contributed by atoms with van der Waals surface area (Å²) in [4.78, 5) is 24.9. The minimum absolute atomic E-state index is 0.0628. The van der Waals surface area contributed by atoms with Crippen LogP contribution in [-0.2, 0) is 27.3 Å². The van der Waals surface area contributed by atoms with Gasteiger partial charge in [-0.05, 0) is 63.1 Å². The Balaban J connectivity index is 2.04. The summed E-state index contributed by atoms with van der Waals surface area (Å²) in [6, 6.07) is 12.7. The molecule has 0 radical (unpaired) electrons. The molecule has 0 saturated heterocycles. The molecule has 0 unspecified atom stereocenters. The van der Waals surface area contributed by atoms with Crippen LogP contribution in [0.1, 0.15) is 38.8 Å². The van der Waals surface area contributed by atoms with E-state index >= 15 is 0 Å². The van der Waals surface area contributed by atoms with Gasteiger partial charge in [-0.1, -0.05) is 24.3 Å². The van der Waals surface area contributed by atoms with Crippen LogP contribution in [0.5, 0.6) is 11.5 Å². The van der Waals surface area contributed by atoms with E-state index in [1.807, 2.05) is 19.1 Å². The van der Waals surface area contributed by atoms with Crippen molar-refractivity contribution in [3.63, 3.8) is 0 Å². The summed E-state index contributed by atoms with van der Waals surface area (Å²) in [7, 11) is 0. The molecule has 0 spiro atoms. The number of hydrogen-bond acceptors (Lipinski definition) is 6. The van der Waals surface area contributed by atoms with Gasteiger partial charge in [0.2, 0.25) is 0 Å². The second kappa shape index (κ2) is 10.5. The molecule has 162 valence electrons. The zero-order valence-electron chi connectivity index (χ0n) is 17.8. The van der Waals surface area contributed by atoms with E-state index in [-0.39, 0.29) is 18.8 Å². The Morgan fingerprint density at radius 1 is 1.00 bits per heavy atom. The number of phenols is 1. The van der Waals surface area contributed by atoms with E-state index < -0.39 is 23.7 Å². The summed E-state index contributed by atoms with van der Waals surface area (Å²) in [6.07, 6.45) is -0.508. The predicted octanol–water partition coefficient (Wildman–Crippen LogP) is 3.97. The number of hydrogen-bond donors (Lipinski definition) is 2. The highest BCUT2D eigenvalue weighted by Gasteiger charge is 2.26. The van der Waals surface area contributed by atoms with Crippen molar-refractivity contribution in [1.82, 2.24) is 5.32 Å². The van der Waals surface area contributed by atoms with Crippen molar-refractivity contribution in [2.45, 2.75) is 52.4 Å². The number of alkyl carbamates (subject to hydrolysis) is 1. The molecule has 2 rings (SSSR count). The Morgan fingerprint density at radius 2 is 1.60 bits per heavy atom. The molecule has 0 fully saturated rings. The van der Waals surface area contributed by atoms with Gasteiger partial charge in [0.25, 0.3) is 0 Å². The number of esters is 1. The van der Waals surface area contributed by atoms with E-state index in [1.165, 1.54) is 12.1 Å². The van der Waals surface area contributed by atoms with Gasteiger partial charge in [0.1, 0.15) is 29.7 Å². The first-order chi connectivity index (χ1) is 14.2. The lowest BCUT2D eigenvalue weighted by Gasteiger charge is -2.23. The van der Waals surface area contributed by atoms with Gasteiger partial charge in [0.15, 0.2) is 0 Å². The standard InChI is InChI=1S/C23H29NO6/c1-5-28-19-12-8-17(9-13-19)15-29-21(26)20(24-22(27)30-23(2,3)4)14-16-6-10-18(25)11-7-16/h6-13,20,25H,5,14-15H2,1-4H3,(H,24,27)/t20-/m1/s1. The normalized spacial score (nSPS) is 12.0. The Labute approximate surface area is 177 Å². The summed E-state index contributed by atoms with van der Waals surface area (Å²) in [5.74, 6) is 0.278. The summed E-state index contributed by atoms with van der Waals surface area (Å²) in [6.45, 7) is 7.77. The molecule has 0 aromatic heterocycles. The fourth-order valence-corrected chi connectivity index (χ4v) is 2.61. The summed E-state index contributed by atoms with van der Waals surface area (Å²) in [5.41, 5.74) is 0.860. The lowest BCUT2D eigenvalue weighted by molar-refractivity contribution is -0.147. The summed E-state index contributed by atoms with van der Waals surface area (Å²) < 4.78 is 16.1. The summed E-state index contributed by atoms with van der Waals surface area (Å²) in [5, 5.41) is 12.0. The molecule has 1 atom stereocenters. The number of amides is 1. The number of nitrogens with one attached hydrogen (secondary N) is 1. The fourth-order valence-electron chi connectivity index (χ4n) is 2.61. The predicted molar refractivity (Wildman–Crippen MR) is 112 cm³/mol. The average Bonchev–Trinajstić information content (AvgIpc) is 2.67. The molecule has 2 N–H and O–H groups in total. The first kappa shape index (κ1) is 23.1. The molecule has 0 heterocycles. The zero-order valence-corrected chi connectivity index (χ0v) is 17.8. The molecule has 7 heteroatoms. The van der Waals surface area contributed by atoms with Crippen LogP contribution in [0, 0.1) is 0 Å². The van der Waals surface area contributed by atoms with Gasteiger partial charge in [-0.2, -0.15) is 0 Å². The van der Waals surface area contributed by atoms with Gasteiger partial charge in [-0.3, -0.25) is 0 Å². The van der Waals surface area contributed by atoms with Gasteiger partial charge in [-0.25, -0.2) is 9.59 Å². The van der Waals surface area contributed by atoms with Gasteiger partial charge in [-0.15, -0.1) is 0 Å². The largest absolute Gasteiger partial charge is 0.508 e. The Morgan fingerprint density at radius 3 is 2.17 bits per heavy atom. The van der Waals surface area contributed by atoms with Crippen molar-refractivity contribution in [2.24, 2.45) is 0 Å². The number of aromatic hydroxyl groups is 1. The van der Waals surface area contributed by atoms with E-state index in [9.17, 15) is 14.7 Å². The van der Waals surface area contributed by atoms with Crippen LogP contribution < -0.4 is 10.1 Å². The van der Waals surface area contributed by atoms with Gasteiger partial charge >= 0.3 is 12.1 Å². The smallest absolute Gasteiger partial charge is 0.408 e. The molecule has 0 aliphatic heterocycles. The molecular formula is C23H29NO6. The van der Waals surface area contributed by atoms with Crippen molar-refractivity contribution in [3.05, 3.63) is 59.7 Å². The Hall–Kier alpha value is -3.22. The number of ether oxygens (including phenoxy) is 3. The van der Waals surface area contributed by atoms with Crippen molar-refractivity contribution >= 4 is 12.1 Å². The molecule has 0 aliphatic rings. The molecule has 0 aliphatic carbocycles. The van der Waals surface area contributed by atoms with Gasteiger partial charge in [0, 0.05) is 6.42 Å². The van der Waals surface area contributed by atoms with E-state index in [0.29, 0.717) is 6.61 Å². The monoisotopic (exact) mass is 415 g/mol. The van der Waals surface area contributed by atoms with Crippen LogP contribution in [0.3, 0.4) is 0 Å². The second-order valence-electron chi connectivity index (χ2n) is 7.75. The minimum Gasteiger partial charge on any atom is -0.508 e. The maximum absolute atomic E-state index is 12.7. The molecule has 0 saturated carbocycles. The van der Waals surface area contributed by atoms with Gasteiger partial charge < -0.3 is 24.6 Å². The minimum atomic E-state index is -0.938. The van der Waals surface area contributed by atoms with Crippen LogP contribution in [0.2, 0.25) is 0 Å². The quantitative estimate of drug-likeness (QED) is 0.634. The van der Waals surface area contributed by atoms with Crippen LogP contribution in [0.15, 0.2) is 48.5 Å². The lowest BCUT2D eigenvalue weighted by Crippen LogP contribution is -2.45. The third kappa shape index (κ3) is 8.03. The Kier molecular flexibility index (Phi) is 8.09. The zero-order chi connectivity index (χ0) is 22.1. The van der Waals surface area contributed by atoms with Crippen molar-refractivity contribution in [3.8, 4) is 11.5 Å². The van der Waals surface area contributed by atoms with E-state index in [4.69, 9.17) is 14.2 Å². The van der Waals surface area contributed by atoms with E-state index in [2.05, 4.69) is 5.32 Å². The molecule has 30 heavy (non-hydrogen) atoms. The lowest BCUT2D eigenvalue weighted by atomic mass is 10.1. The molecule has 7 nitrogen and oxygen atoms in total. The Bertz CT molecular complexity index is 824. The third-order valence-corrected chi connectivity index (χ3v) is 3.97. The maximum atomic E-state index is 12.7. The number of benzene rings is 2. The van der Waals surface area contributed by atoms with Crippen LogP contribution in [0.4, 0.5) is 4.79 Å². The highest BCUT2D eigenvalue weighted by atomic mass is 16.6. The molecule has 2 aromatic rings. The molecule has 1 amide bonds. The number of carbonyl (C=O) groups is 2. The topological polar surface area (TPSA) is 94.1 Å². The maximum Gasteiger partial charge on any atom is 0.408 e. The van der Waals surface area contributed by atoms with Crippen LogP contribution in [0.25, 0.3) is 0 Å². The fraction of sp³-hybridized carbons (Fsp3) is 0.391. The highest BCUT2D eigenvalue weighted by molar-refractivity contribution is 5.81. The first-order valence-electron chi connectivity index (χ1n) is 9.82. The first-order valence-corrected chi connectivity index (χ1v) is 9.82. The van der Waals surface area contributed by atoms with Gasteiger partial charge in [0.05, 0.1) is 6.61 Å². The number of phenolic OH excluding ortho intramolecular Hbond substituents is 1. The van der Waals surface area contributed by atoms with Crippen molar-refractivity contribution in [2.75, 3.05) is 6.61 Å². The summed E-state index contributed by atoms with van der Waals surface area (Å²) >= 11 is 0. The molecular weight excluding hydrogens is 386 g/mol. The molecule has 2 aromatic carbocycles. The number of rotatable bonds is 8. The van der Waals surface area contributed by atoms with Crippen LogP contribution in [-0.4, -0.2) is 35.4 Å². The van der Waals surface area contributed by atoms with Crippen molar-refractivity contribution < 1.29 is 28.9 Å². The van der Waals surface area contributed by atoms with Crippen LogP contribution >= 0.6 is 0 Å².